The zero-order valence-corrected chi connectivity index (χ0v) is 21.7. The number of halogens is 5. The van der Waals surface area contributed by atoms with Crippen molar-refractivity contribution in [1.29, 1.82) is 0 Å². The average Bonchev–Trinajstić information content (AvgIpc) is 3.13. The largest absolute Gasteiger partial charge is 0.481 e. The van der Waals surface area contributed by atoms with Gasteiger partial charge in [-0.2, -0.15) is 22.0 Å². The summed E-state index contributed by atoms with van der Waals surface area (Å²) in [5.74, 6) is -5.43. The van der Waals surface area contributed by atoms with E-state index in [1.807, 2.05) is 6.92 Å². The van der Waals surface area contributed by atoms with E-state index in [1.54, 1.807) is 50.1 Å². The van der Waals surface area contributed by atoms with Crippen molar-refractivity contribution in [3.63, 3.8) is 0 Å². The molecule has 11 heteroatoms. The van der Waals surface area contributed by atoms with Gasteiger partial charge in [0.1, 0.15) is 11.4 Å². The first kappa shape index (κ1) is 26.8. The highest BCUT2D eigenvalue weighted by Crippen LogP contribution is 2.51. The molecule has 2 aromatic carbocycles. The first-order valence-corrected chi connectivity index (χ1v) is 12.0. The number of amides is 1. The minimum atomic E-state index is -5.81. The summed E-state index contributed by atoms with van der Waals surface area (Å²) < 4.78 is 75.6. The van der Waals surface area contributed by atoms with E-state index in [4.69, 9.17) is 17.0 Å². The molecule has 2 aliphatic heterocycles. The fourth-order valence-corrected chi connectivity index (χ4v) is 5.15. The lowest BCUT2D eigenvalue weighted by Crippen LogP contribution is -2.49. The number of alkyl halides is 5. The number of fused-ring (bicyclic) bond motifs is 2. The molecule has 0 unspecified atom stereocenters. The molecule has 1 amide bonds. The summed E-state index contributed by atoms with van der Waals surface area (Å²) in [7, 11) is 1.63. The standard InChI is InChI=1S/C26H26F5N3O2S/c1-6-32-23(37)33(5)21-20(34-13-15-9-7-8-10-16(15)22(34)35)19-14(2)17(25(27,28)26(29,30)31)11-12-18(19)36-24(21,3)4/h7-12H,6,13H2,1-5H3,(H,32,37). The van der Waals surface area contributed by atoms with Crippen molar-refractivity contribution in [3.8, 4) is 5.75 Å². The van der Waals surface area contributed by atoms with E-state index in [0.29, 0.717) is 23.4 Å². The predicted molar refractivity (Wildman–Crippen MR) is 133 cm³/mol. The fraction of sp³-hybridized carbons (Fsp3) is 0.385. The first-order chi connectivity index (χ1) is 17.1. The Bertz CT molecular complexity index is 1320. The minimum absolute atomic E-state index is 0.0111. The number of carbonyl (C=O) groups excluding carboxylic acids is 1. The molecular formula is C26H26F5N3O2S. The van der Waals surface area contributed by atoms with E-state index in [1.165, 1.54) is 11.8 Å². The second-order valence-corrected chi connectivity index (χ2v) is 9.82. The molecule has 0 aliphatic carbocycles. The molecule has 0 spiro atoms. The lowest BCUT2D eigenvalue weighted by molar-refractivity contribution is -0.289. The molecule has 4 rings (SSSR count). The number of thiocarbonyl (C=S) groups is 1. The molecule has 37 heavy (non-hydrogen) atoms. The molecule has 2 aliphatic rings. The van der Waals surface area contributed by atoms with E-state index >= 15 is 0 Å². The lowest BCUT2D eigenvalue weighted by atomic mass is 9.87. The average molecular weight is 540 g/mol. The van der Waals surface area contributed by atoms with Crippen LogP contribution in [0.5, 0.6) is 5.75 Å². The van der Waals surface area contributed by atoms with Crippen LogP contribution in [0.4, 0.5) is 22.0 Å². The summed E-state index contributed by atoms with van der Waals surface area (Å²) >= 11 is 5.50. The van der Waals surface area contributed by atoms with Gasteiger partial charge in [-0.3, -0.25) is 4.79 Å². The number of benzene rings is 2. The number of carbonyl (C=O) groups is 1. The molecule has 5 nitrogen and oxygen atoms in total. The Morgan fingerprint density at radius 1 is 1.16 bits per heavy atom. The molecule has 1 N–H and O–H groups in total. The van der Waals surface area contributed by atoms with Gasteiger partial charge in [0, 0.05) is 30.3 Å². The number of nitrogens with one attached hydrogen (secondary N) is 1. The van der Waals surface area contributed by atoms with Crippen molar-refractivity contribution in [2.75, 3.05) is 13.6 Å². The fourth-order valence-electron chi connectivity index (χ4n) is 4.92. The second kappa shape index (κ2) is 8.97. The molecule has 0 saturated carbocycles. The molecular weight excluding hydrogens is 513 g/mol. The van der Waals surface area contributed by atoms with Gasteiger partial charge < -0.3 is 19.9 Å². The minimum Gasteiger partial charge on any atom is -0.481 e. The maximum absolute atomic E-state index is 14.6. The number of hydrogen-bond donors (Lipinski definition) is 1. The van der Waals surface area contributed by atoms with E-state index in [2.05, 4.69) is 5.32 Å². The van der Waals surface area contributed by atoms with Crippen LogP contribution < -0.4 is 10.1 Å². The van der Waals surface area contributed by atoms with E-state index in [9.17, 15) is 26.7 Å². The number of ether oxygens (including phenoxy) is 1. The van der Waals surface area contributed by atoms with Crippen LogP contribution in [0.1, 0.15) is 53.4 Å². The molecule has 0 saturated heterocycles. The number of hydrogen-bond acceptors (Lipinski definition) is 3. The van der Waals surface area contributed by atoms with Crippen LogP contribution >= 0.6 is 12.2 Å². The van der Waals surface area contributed by atoms with Crippen LogP contribution in [-0.2, 0) is 12.5 Å². The number of likely N-dealkylation sites (N-methyl/N-ethyl adjacent to an activating group) is 1. The molecule has 2 aromatic rings. The van der Waals surface area contributed by atoms with Gasteiger partial charge in [0.05, 0.1) is 17.9 Å². The molecule has 198 valence electrons. The first-order valence-electron chi connectivity index (χ1n) is 11.6. The summed E-state index contributed by atoms with van der Waals surface area (Å²) in [5, 5.41) is 3.28. The molecule has 0 bridgehead atoms. The monoisotopic (exact) mass is 539 g/mol. The summed E-state index contributed by atoms with van der Waals surface area (Å²) in [6, 6.07) is 8.73. The maximum Gasteiger partial charge on any atom is 0.458 e. The second-order valence-electron chi connectivity index (χ2n) is 9.44. The summed E-state index contributed by atoms with van der Waals surface area (Å²) in [4.78, 5) is 16.6. The highest BCUT2D eigenvalue weighted by Gasteiger charge is 2.60. The zero-order valence-electron chi connectivity index (χ0n) is 20.9. The van der Waals surface area contributed by atoms with E-state index < -0.39 is 29.2 Å². The van der Waals surface area contributed by atoms with Crippen LogP contribution in [0.15, 0.2) is 42.1 Å². The third kappa shape index (κ3) is 4.22. The Kier molecular flexibility index (Phi) is 6.51. The SMILES string of the molecule is CCNC(=S)N(C)C1=C(N2Cc3ccccc3C2=O)c2c(ccc(C(F)(F)C(F)(F)F)c2C)OC1(C)C. The number of nitrogens with zero attached hydrogens (tertiary/aromatic N) is 2. The van der Waals surface area contributed by atoms with Crippen molar-refractivity contribution < 1.29 is 31.5 Å². The molecule has 0 aromatic heterocycles. The van der Waals surface area contributed by atoms with Crippen molar-refractivity contribution >= 4 is 28.9 Å². The lowest BCUT2D eigenvalue weighted by Gasteiger charge is -2.43. The maximum atomic E-state index is 14.6. The van der Waals surface area contributed by atoms with Crippen molar-refractivity contribution in [3.05, 3.63) is 69.9 Å². The van der Waals surface area contributed by atoms with Crippen LogP contribution in [-0.4, -0.2) is 46.2 Å². The highest BCUT2D eigenvalue weighted by atomic mass is 32.1. The quantitative estimate of drug-likeness (QED) is 0.383. The summed E-state index contributed by atoms with van der Waals surface area (Å²) in [5.41, 5.74) is -1.04. The van der Waals surface area contributed by atoms with Crippen LogP contribution in [0.2, 0.25) is 0 Å². The summed E-state index contributed by atoms with van der Waals surface area (Å²) in [6.45, 7) is 7.05. The Hall–Kier alpha value is -3.21. The molecule has 2 heterocycles. The Labute approximate surface area is 216 Å². The molecule has 0 radical (unpaired) electrons. The van der Waals surface area contributed by atoms with Crippen molar-refractivity contribution in [2.45, 2.75) is 51.9 Å². The van der Waals surface area contributed by atoms with Crippen molar-refractivity contribution in [2.24, 2.45) is 0 Å². The smallest absolute Gasteiger partial charge is 0.458 e. The highest BCUT2D eigenvalue weighted by molar-refractivity contribution is 7.80. The van der Waals surface area contributed by atoms with Crippen LogP contribution in [0.25, 0.3) is 5.70 Å². The molecule has 0 fully saturated rings. The normalized spacial score (nSPS) is 16.8. The predicted octanol–water partition coefficient (Wildman–Crippen LogP) is 5.97. The van der Waals surface area contributed by atoms with Gasteiger partial charge in [-0.25, -0.2) is 0 Å². The van der Waals surface area contributed by atoms with Gasteiger partial charge in [0.2, 0.25) is 0 Å². The Morgan fingerprint density at radius 3 is 2.41 bits per heavy atom. The van der Waals surface area contributed by atoms with Gasteiger partial charge in [0.25, 0.3) is 5.91 Å². The third-order valence-corrected chi connectivity index (χ3v) is 7.00. The van der Waals surface area contributed by atoms with Crippen molar-refractivity contribution in [1.82, 2.24) is 15.1 Å². The van der Waals surface area contributed by atoms with Gasteiger partial charge in [-0.1, -0.05) is 18.2 Å². The van der Waals surface area contributed by atoms with E-state index in [0.717, 1.165) is 12.1 Å². The molecule has 0 atom stereocenters. The van der Waals surface area contributed by atoms with E-state index in [-0.39, 0.29) is 34.2 Å². The zero-order chi connectivity index (χ0) is 27.5. The summed E-state index contributed by atoms with van der Waals surface area (Å²) in [6.07, 6.45) is -5.81. The van der Waals surface area contributed by atoms with Crippen LogP contribution in [0, 0.1) is 6.92 Å². The Morgan fingerprint density at radius 2 is 1.81 bits per heavy atom. The van der Waals surface area contributed by atoms with Gasteiger partial charge in [-0.15, -0.1) is 0 Å². The van der Waals surface area contributed by atoms with Crippen LogP contribution in [0.3, 0.4) is 0 Å². The number of rotatable bonds is 4. The topological polar surface area (TPSA) is 44.8 Å². The van der Waals surface area contributed by atoms with Gasteiger partial charge in [0.15, 0.2) is 5.11 Å². The van der Waals surface area contributed by atoms with Gasteiger partial charge >= 0.3 is 12.1 Å². The third-order valence-electron chi connectivity index (χ3n) is 6.58. The Balaban J connectivity index is 2.05. The van der Waals surface area contributed by atoms with Gasteiger partial charge in [-0.05, 0) is 69.2 Å².